The van der Waals surface area contributed by atoms with Gasteiger partial charge in [0.2, 0.25) is 0 Å². The van der Waals surface area contributed by atoms with Crippen LogP contribution in [0.25, 0.3) is 5.69 Å². The van der Waals surface area contributed by atoms with Crippen molar-refractivity contribution in [2.45, 2.75) is 57.9 Å². The van der Waals surface area contributed by atoms with E-state index < -0.39 is 0 Å². The lowest BCUT2D eigenvalue weighted by atomic mass is 9.96. The topological polar surface area (TPSA) is 55.6 Å². The summed E-state index contributed by atoms with van der Waals surface area (Å²) >= 11 is 0. The van der Waals surface area contributed by atoms with Gasteiger partial charge in [-0.25, -0.2) is 4.68 Å². The second-order valence-electron chi connectivity index (χ2n) is 5.94. The van der Waals surface area contributed by atoms with Gasteiger partial charge in [0, 0.05) is 11.7 Å². The molecule has 1 aromatic heterocycles. The average molecular weight is 285 g/mol. The highest BCUT2D eigenvalue weighted by molar-refractivity contribution is 5.54. The van der Waals surface area contributed by atoms with Crippen LogP contribution in [0.3, 0.4) is 0 Å². The molecule has 0 saturated heterocycles. The molecule has 1 aliphatic carbocycles. The molecule has 2 aromatic rings. The highest BCUT2D eigenvalue weighted by Gasteiger charge is 2.12. The Labute approximate surface area is 125 Å². The van der Waals surface area contributed by atoms with Crippen LogP contribution in [0.15, 0.2) is 24.5 Å². The number of nitrogens with one attached hydrogen (secondary N) is 1. The van der Waals surface area contributed by atoms with Crippen molar-refractivity contribution in [3.63, 3.8) is 0 Å². The molecule has 3 rings (SSSR count). The van der Waals surface area contributed by atoms with Crippen molar-refractivity contribution in [1.29, 1.82) is 0 Å². The number of nitrogens with zero attached hydrogens (tertiary/aromatic N) is 4. The molecule has 0 aliphatic heterocycles. The lowest BCUT2D eigenvalue weighted by Gasteiger charge is -2.22. The molecular formula is C16H23N5. The van der Waals surface area contributed by atoms with Crippen molar-refractivity contribution in [2.24, 2.45) is 0 Å². The first-order valence-electron chi connectivity index (χ1n) is 7.93. The Morgan fingerprint density at radius 2 is 1.86 bits per heavy atom. The van der Waals surface area contributed by atoms with Gasteiger partial charge in [-0.05, 0) is 47.9 Å². The standard InChI is InChI=1S/C16H23N5/c1-13-9-10-15(11-16(13)21-12-17-19-20-21)18-14-7-5-3-2-4-6-8-14/h9-12,14,18H,2-8H2,1H3. The Morgan fingerprint density at radius 1 is 1.10 bits per heavy atom. The van der Waals surface area contributed by atoms with Gasteiger partial charge >= 0.3 is 0 Å². The van der Waals surface area contributed by atoms with Crippen molar-refractivity contribution in [3.05, 3.63) is 30.1 Å². The molecule has 0 amide bonds. The summed E-state index contributed by atoms with van der Waals surface area (Å²) in [5.41, 5.74) is 3.37. The van der Waals surface area contributed by atoms with E-state index in [0.29, 0.717) is 6.04 Å². The maximum atomic E-state index is 3.99. The summed E-state index contributed by atoms with van der Waals surface area (Å²) in [6.07, 6.45) is 11.0. The van der Waals surface area contributed by atoms with Gasteiger partial charge in [-0.3, -0.25) is 0 Å². The predicted octanol–water partition coefficient (Wildman–Crippen LogP) is 3.50. The third-order valence-electron chi connectivity index (χ3n) is 4.28. The smallest absolute Gasteiger partial charge is 0.143 e. The van der Waals surface area contributed by atoms with E-state index in [2.05, 4.69) is 46.0 Å². The van der Waals surface area contributed by atoms with E-state index in [9.17, 15) is 0 Å². The van der Waals surface area contributed by atoms with Crippen LogP contribution in [0.4, 0.5) is 5.69 Å². The van der Waals surface area contributed by atoms with Gasteiger partial charge in [-0.2, -0.15) is 0 Å². The third-order valence-corrected chi connectivity index (χ3v) is 4.28. The molecule has 0 atom stereocenters. The van der Waals surface area contributed by atoms with Crippen molar-refractivity contribution in [1.82, 2.24) is 20.2 Å². The molecule has 1 heterocycles. The van der Waals surface area contributed by atoms with Crippen LogP contribution in [0.5, 0.6) is 0 Å². The van der Waals surface area contributed by atoms with Crippen LogP contribution in [-0.4, -0.2) is 26.2 Å². The molecule has 1 N–H and O–H groups in total. The van der Waals surface area contributed by atoms with Crippen LogP contribution >= 0.6 is 0 Å². The van der Waals surface area contributed by atoms with E-state index in [1.807, 2.05) is 0 Å². The fourth-order valence-electron chi connectivity index (χ4n) is 3.05. The molecule has 5 heteroatoms. The maximum Gasteiger partial charge on any atom is 0.143 e. The Balaban J connectivity index is 1.74. The van der Waals surface area contributed by atoms with E-state index in [1.165, 1.54) is 50.5 Å². The summed E-state index contributed by atoms with van der Waals surface area (Å²) < 4.78 is 1.72. The summed E-state index contributed by atoms with van der Waals surface area (Å²) in [6, 6.07) is 7.02. The van der Waals surface area contributed by atoms with Gasteiger partial charge in [0.1, 0.15) is 6.33 Å². The van der Waals surface area contributed by atoms with E-state index in [1.54, 1.807) is 11.0 Å². The zero-order valence-corrected chi connectivity index (χ0v) is 12.6. The van der Waals surface area contributed by atoms with Gasteiger partial charge in [-0.1, -0.05) is 38.2 Å². The molecule has 1 aliphatic rings. The molecule has 21 heavy (non-hydrogen) atoms. The minimum atomic E-state index is 0.592. The zero-order valence-electron chi connectivity index (χ0n) is 12.6. The Kier molecular flexibility index (Phi) is 4.48. The summed E-state index contributed by atoms with van der Waals surface area (Å²) in [6.45, 7) is 2.08. The molecule has 1 saturated carbocycles. The van der Waals surface area contributed by atoms with Crippen molar-refractivity contribution in [3.8, 4) is 5.69 Å². The first-order valence-corrected chi connectivity index (χ1v) is 7.93. The molecule has 0 radical (unpaired) electrons. The number of hydrogen-bond donors (Lipinski definition) is 1. The molecule has 1 fully saturated rings. The number of hydrogen-bond acceptors (Lipinski definition) is 4. The zero-order chi connectivity index (χ0) is 14.5. The number of aromatic nitrogens is 4. The first kappa shape index (κ1) is 14.0. The number of rotatable bonds is 3. The highest BCUT2D eigenvalue weighted by atomic mass is 15.5. The van der Waals surface area contributed by atoms with Gasteiger partial charge in [0.25, 0.3) is 0 Å². The number of benzene rings is 1. The van der Waals surface area contributed by atoms with Crippen molar-refractivity contribution >= 4 is 5.69 Å². The minimum Gasteiger partial charge on any atom is -0.382 e. The second-order valence-corrected chi connectivity index (χ2v) is 5.94. The molecule has 0 spiro atoms. The number of aryl methyl sites for hydroxylation is 1. The van der Waals surface area contributed by atoms with Crippen LogP contribution in [-0.2, 0) is 0 Å². The predicted molar refractivity (Wildman–Crippen MR) is 83.6 cm³/mol. The van der Waals surface area contributed by atoms with Crippen LogP contribution in [0, 0.1) is 6.92 Å². The third kappa shape index (κ3) is 3.60. The summed E-state index contributed by atoms with van der Waals surface area (Å²) in [7, 11) is 0. The van der Waals surface area contributed by atoms with Crippen molar-refractivity contribution < 1.29 is 0 Å². The summed E-state index contributed by atoms with van der Waals surface area (Å²) in [4.78, 5) is 0. The van der Waals surface area contributed by atoms with Crippen molar-refractivity contribution in [2.75, 3.05) is 5.32 Å². The molecular weight excluding hydrogens is 262 g/mol. The normalized spacial score (nSPS) is 17.2. The number of tetrazole rings is 1. The van der Waals surface area contributed by atoms with Crippen LogP contribution in [0.2, 0.25) is 0 Å². The highest BCUT2D eigenvalue weighted by Crippen LogP contribution is 2.23. The van der Waals surface area contributed by atoms with Gasteiger partial charge in [-0.15, -0.1) is 5.10 Å². The first-order chi connectivity index (χ1) is 10.3. The van der Waals surface area contributed by atoms with Gasteiger partial charge in [0.15, 0.2) is 0 Å². The SMILES string of the molecule is Cc1ccc(NC2CCCCCCC2)cc1-n1cnnn1. The Morgan fingerprint density at radius 3 is 2.57 bits per heavy atom. The number of anilines is 1. The largest absolute Gasteiger partial charge is 0.382 e. The maximum absolute atomic E-state index is 3.99. The fraction of sp³-hybridized carbons (Fsp3) is 0.562. The Bertz CT molecular complexity index is 556. The minimum absolute atomic E-state index is 0.592. The van der Waals surface area contributed by atoms with Crippen LogP contribution < -0.4 is 5.32 Å². The monoisotopic (exact) mass is 285 g/mol. The lowest BCUT2D eigenvalue weighted by molar-refractivity contribution is 0.471. The molecule has 1 aromatic carbocycles. The molecule has 112 valence electrons. The fourth-order valence-corrected chi connectivity index (χ4v) is 3.05. The van der Waals surface area contributed by atoms with Gasteiger partial charge < -0.3 is 5.32 Å². The molecule has 5 nitrogen and oxygen atoms in total. The quantitative estimate of drug-likeness (QED) is 0.937. The van der Waals surface area contributed by atoms with E-state index in [0.717, 1.165) is 11.4 Å². The second kappa shape index (κ2) is 6.70. The Hall–Kier alpha value is -1.91. The van der Waals surface area contributed by atoms with E-state index in [4.69, 9.17) is 0 Å². The van der Waals surface area contributed by atoms with Gasteiger partial charge in [0.05, 0.1) is 5.69 Å². The lowest BCUT2D eigenvalue weighted by Crippen LogP contribution is -2.20. The summed E-state index contributed by atoms with van der Waals surface area (Å²) in [5.74, 6) is 0. The molecule has 0 unspecified atom stereocenters. The summed E-state index contributed by atoms with van der Waals surface area (Å²) in [5, 5.41) is 15.1. The average Bonchev–Trinajstić information content (AvgIpc) is 2.97. The molecule has 0 bridgehead atoms. The van der Waals surface area contributed by atoms with Crippen LogP contribution in [0.1, 0.15) is 50.5 Å². The van der Waals surface area contributed by atoms with E-state index >= 15 is 0 Å². The van der Waals surface area contributed by atoms with E-state index in [-0.39, 0.29) is 0 Å².